The van der Waals surface area contributed by atoms with Crippen molar-refractivity contribution < 1.29 is 14.7 Å². The second kappa shape index (κ2) is 4.89. The summed E-state index contributed by atoms with van der Waals surface area (Å²) >= 11 is 7.02. The number of nitrogens with zero attached hydrogens (tertiary/aromatic N) is 3. The quantitative estimate of drug-likeness (QED) is 0.855. The predicted molar refractivity (Wildman–Crippen MR) is 62.0 cm³/mol. The molecule has 0 aliphatic carbocycles. The van der Waals surface area contributed by atoms with Crippen molar-refractivity contribution in [1.82, 2.24) is 14.9 Å². The topological polar surface area (TPSA) is 83.4 Å². The SMILES string of the molecule is O=C(O)[C@@H]1CSCN1C(=O)c1cncc(Cl)n1. The maximum absolute atomic E-state index is 12.0. The van der Waals surface area contributed by atoms with Crippen molar-refractivity contribution in [3.63, 3.8) is 0 Å². The van der Waals surface area contributed by atoms with E-state index in [2.05, 4.69) is 9.97 Å². The van der Waals surface area contributed by atoms with Crippen LogP contribution in [0.15, 0.2) is 12.4 Å². The third-order valence-electron chi connectivity index (χ3n) is 2.25. The van der Waals surface area contributed by atoms with Gasteiger partial charge in [-0.3, -0.25) is 9.78 Å². The Bertz CT molecular complexity index is 471. The van der Waals surface area contributed by atoms with Gasteiger partial charge in [0.25, 0.3) is 5.91 Å². The monoisotopic (exact) mass is 273 g/mol. The fourth-order valence-electron chi connectivity index (χ4n) is 1.44. The fourth-order valence-corrected chi connectivity index (χ4v) is 2.73. The van der Waals surface area contributed by atoms with Crippen molar-refractivity contribution in [2.75, 3.05) is 11.6 Å². The maximum atomic E-state index is 12.0. The van der Waals surface area contributed by atoms with E-state index >= 15 is 0 Å². The van der Waals surface area contributed by atoms with Crippen molar-refractivity contribution >= 4 is 35.2 Å². The number of halogens is 1. The van der Waals surface area contributed by atoms with Gasteiger partial charge in [0, 0.05) is 5.75 Å². The molecule has 1 aliphatic rings. The molecule has 0 radical (unpaired) electrons. The molecular formula is C9H8ClN3O3S. The molecule has 2 heterocycles. The zero-order chi connectivity index (χ0) is 12.4. The van der Waals surface area contributed by atoms with E-state index in [0.717, 1.165) is 0 Å². The lowest BCUT2D eigenvalue weighted by Gasteiger charge is -2.19. The first-order chi connectivity index (χ1) is 8.09. The minimum atomic E-state index is -1.02. The molecule has 0 bridgehead atoms. The van der Waals surface area contributed by atoms with Crippen molar-refractivity contribution in [2.24, 2.45) is 0 Å². The number of hydrogen-bond donors (Lipinski definition) is 1. The van der Waals surface area contributed by atoms with E-state index in [9.17, 15) is 9.59 Å². The Morgan fingerprint density at radius 1 is 1.53 bits per heavy atom. The van der Waals surface area contributed by atoms with Crippen LogP contribution in [0.2, 0.25) is 5.15 Å². The summed E-state index contributed by atoms with van der Waals surface area (Å²) in [7, 11) is 0. The molecule has 6 nitrogen and oxygen atoms in total. The van der Waals surface area contributed by atoms with Crippen molar-refractivity contribution in [2.45, 2.75) is 6.04 Å². The van der Waals surface area contributed by atoms with E-state index < -0.39 is 17.9 Å². The zero-order valence-corrected chi connectivity index (χ0v) is 10.1. The molecule has 1 aromatic rings. The van der Waals surface area contributed by atoms with Crippen LogP contribution in [0.1, 0.15) is 10.5 Å². The number of carbonyl (C=O) groups excluding carboxylic acids is 1. The van der Waals surface area contributed by atoms with E-state index in [-0.39, 0.29) is 10.8 Å². The standard InChI is InChI=1S/C9H8ClN3O3S/c10-7-2-11-1-5(12-7)8(14)13-4-17-3-6(13)9(15)16/h1-2,6H,3-4H2,(H,15,16)/t6-/m0/s1. The number of rotatable bonds is 2. The van der Waals surface area contributed by atoms with Gasteiger partial charge in [0.2, 0.25) is 0 Å². The Morgan fingerprint density at radius 2 is 2.29 bits per heavy atom. The maximum Gasteiger partial charge on any atom is 0.327 e. The molecular weight excluding hydrogens is 266 g/mol. The van der Waals surface area contributed by atoms with E-state index in [4.69, 9.17) is 16.7 Å². The highest BCUT2D eigenvalue weighted by molar-refractivity contribution is 7.99. The number of aromatic nitrogens is 2. The Kier molecular flexibility index (Phi) is 3.49. The summed E-state index contributed by atoms with van der Waals surface area (Å²) in [6.07, 6.45) is 2.59. The summed E-state index contributed by atoms with van der Waals surface area (Å²) in [6.45, 7) is 0. The lowest BCUT2D eigenvalue weighted by molar-refractivity contribution is -0.140. The van der Waals surface area contributed by atoms with Gasteiger partial charge in [-0.15, -0.1) is 11.8 Å². The second-order valence-corrected chi connectivity index (χ2v) is 4.74. The van der Waals surface area contributed by atoms with Crippen LogP contribution in [-0.4, -0.2) is 49.5 Å². The Balaban J connectivity index is 2.23. The minimum Gasteiger partial charge on any atom is -0.480 e. The first kappa shape index (κ1) is 12.1. The minimum absolute atomic E-state index is 0.0613. The van der Waals surface area contributed by atoms with E-state index in [1.807, 2.05) is 0 Å². The van der Waals surface area contributed by atoms with Crippen LogP contribution in [0.25, 0.3) is 0 Å². The normalized spacial score (nSPS) is 19.4. The number of hydrogen-bond acceptors (Lipinski definition) is 5. The smallest absolute Gasteiger partial charge is 0.327 e. The summed E-state index contributed by atoms with van der Waals surface area (Å²) in [5.41, 5.74) is 0.0613. The number of carbonyl (C=O) groups is 2. The largest absolute Gasteiger partial charge is 0.480 e. The lowest BCUT2D eigenvalue weighted by atomic mass is 10.2. The summed E-state index contributed by atoms with van der Waals surface area (Å²) in [5, 5.41) is 9.07. The van der Waals surface area contributed by atoms with Gasteiger partial charge in [-0.2, -0.15) is 0 Å². The fraction of sp³-hybridized carbons (Fsp3) is 0.333. The highest BCUT2D eigenvalue weighted by Gasteiger charge is 2.35. The average molecular weight is 274 g/mol. The number of amides is 1. The summed E-state index contributed by atoms with van der Waals surface area (Å²) in [5.74, 6) is -0.755. The molecule has 0 aromatic carbocycles. The highest BCUT2D eigenvalue weighted by Crippen LogP contribution is 2.22. The zero-order valence-electron chi connectivity index (χ0n) is 8.54. The predicted octanol–water partition coefficient (Wildman–Crippen LogP) is 0.730. The van der Waals surface area contributed by atoms with E-state index in [1.54, 1.807) is 0 Å². The van der Waals surface area contributed by atoms with Gasteiger partial charge in [-0.05, 0) is 0 Å². The molecule has 1 fully saturated rings. The van der Waals surface area contributed by atoms with Crippen LogP contribution in [-0.2, 0) is 4.79 Å². The molecule has 1 N–H and O–H groups in total. The number of aliphatic carboxylic acids is 1. The molecule has 0 saturated carbocycles. The molecule has 0 unspecified atom stereocenters. The third kappa shape index (κ3) is 2.50. The third-order valence-corrected chi connectivity index (χ3v) is 3.45. The summed E-state index contributed by atoms with van der Waals surface area (Å²) in [4.78, 5) is 31.8. The lowest BCUT2D eigenvalue weighted by Crippen LogP contribution is -2.42. The van der Waals surface area contributed by atoms with Gasteiger partial charge in [0.15, 0.2) is 0 Å². The second-order valence-electron chi connectivity index (χ2n) is 3.36. The summed E-state index contributed by atoms with van der Waals surface area (Å²) < 4.78 is 0. The van der Waals surface area contributed by atoms with Gasteiger partial charge in [-0.25, -0.2) is 9.78 Å². The van der Waals surface area contributed by atoms with Crippen LogP contribution in [0.4, 0.5) is 0 Å². The van der Waals surface area contributed by atoms with E-state index in [0.29, 0.717) is 11.6 Å². The van der Waals surface area contributed by atoms with E-state index in [1.165, 1.54) is 29.1 Å². The van der Waals surface area contributed by atoms with Crippen molar-refractivity contribution in [1.29, 1.82) is 0 Å². The molecule has 1 saturated heterocycles. The average Bonchev–Trinajstić information content (AvgIpc) is 2.77. The molecule has 1 aliphatic heterocycles. The van der Waals surface area contributed by atoms with Crippen molar-refractivity contribution in [3.8, 4) is 0 Å². The van der Waals surface area contributed by atoms with Crippen LogP contribution >= 0.6 is 23.4 Å². The molecule has 90 valence electrons. The molecule has 8 heteroatoms. The molecule has 1 amide bonds. The molecule has 17 heavy (non-hydrogen) atoms. The number of carboxylic acid groups (broad SMARTS) is 1. The molecule has 0 spiro atoms. The van der Waals surface area contributed by atoms with Crippen LogP contribution in [0.3, 0.4) is 0 Å². The number of thioether (sulfide) groups is 1. The summed E-state index contributed by atoms with van der Waals surface area (Å²) in [6, 6.07) is -0.812. The Labute approximate surface area is 106 Å². The first-order valence-corrected chi connectivity index (χ1v) is 6.22. The van der Waals surface area contributed by atoms with Gasteiger partial charge in [0.05, 0.1) is 18.3 Å². The first-order valence-electron chi connectivity index (χ1n) is 4.68. The van der Waals surface area contributed by atoms with Crippen molar-refractivity contribution in [3.05, 3.63) is 23.2 Å². The molecule has 1 atom stereocenters. The van der Waals surface area contributed by atoms with Gasteiger partial charge >= 0.3 is 5.97 Å². The Hall–Kier alpha value is -1.34. The van der Waals surface area contributed by atoms with Gasteiger partial charge < -0.3 is 10.0 Å². The highest BCUT2D eigenvalue weighted by atomic mass is 35.5. The molecule has 1 aromatic heterocycles. The van der Waals surface area contributed by atoms with Crippen LogP contribution in [0, 0.1) is 0 Å². The van der Waals surface area contributed by atoms with Gasteiger partial charge in [-0.1, -0.05) is 11.6 Å². The van der Waals surface area contributed by atoms with Crippen LogP contribution < -0.4 is 0 Å². The van der Waals surface area contributed by atoms with Crippen LogP contribution in [0.5, 0.6) is 0 Å². The van der Waals surface area contributed by atoms with Gasteiger partial charge in [0.1, 0.15) is 16.9 Å². The Morgan fingerprint density at radius 3 is 2.94 bits per heavy atom. The number of carboxylic acids is 1. The molecule has 2 rings (SSSR count).